The van der Waals surface area contributed by atoms with Crippen LogP contribution in [0.5, 0.6) is 5.75 Å². The predicted molar refractivity (Wildman–Crippen MR) is 128 cm³/mol. The molecule has 9 heteroatoms. The largest absolute Gasteiger partial charge is 0.479 e. The normalized spacial score (nSPS) is 14.9. The number of rotatable bonds is 5. The van der Waals surface area contributed by atoms with E-state index in [2.05, 4.69) is 15.3 Å². The fourth-order valence-corrected chi connectivity index (χ4v) is 4.44. The molecule has 0 bridgehead atoms. The average molecular weight is 475 g/mol. The molecule has 4 aromatic rings. The zero-order valence-corrected chi connectivity index (χ0v) is 18.9. The van der Waals surface area contributed by atoms with Crippen LogP contribution < -0.4 is 15.0 Å². The monoisotopic (exact) mass is 474 g/mol. The highest BCUT2D eigenvalue weighted by molar-refractivity contribution is 7.13. The Morgan fingerprint density at radius 3 is 2.76 bits per heavy atom. The Morgan fingerprint density at radius 1 is 1.15 bits per heavy atom. The van der Waals surface area contributed by atoms with Gasteiger partial charge >= 0.3 is 0 Å². The fraction of sp³-hybridized carbons (Fsp3) is 0.120. The van der Waals surface area contributed by atoms with Crippen LogP contribution >= 0.6 is 11.3 Å². The Hall–Kier alpha value is -4.11. The first-order valence-electron chi connectivity index (χ1n) is 10.5. The van der Waals surface area contributed by atoms with Crippen LogP contribution in [0, 0.1) is 5.82 Å². The van der Waals surface area contributed by atoms with Gasteiger partial charge < -0.3 is 10.1 Å². The first kappa shape index (κ1) is 21.7. The number of hydrogen-bond acceptors (Lipinski definition) is 6. The molecule has 1 N–H and O–H groups in total. The highest BCUT2D eigenvalue weighted by Crippen LogP contribution is 2.38. The minimum Gasteiger partial charge on any atom is -0.479 e. The van der Waals surface area contributed by atoms with E-state index in [0.29, 0.717) is 11.4 Å². The number of nitrogens with one attached hydrogen (secondary N) is 1. The van der Waals surface area contributed by atoms with Gasteiger partial charge in [0.15, 0.2) is 6.10 Å². The molecule has 0 fully saturated rings. The molecule has 1 aliphatic rings. The number of ether oxygens (including phenoxy) is 1. The van der Waals surface area contributed by atoms with Gasteiger partial charge in [0.05, 0.1) is 22.8 Å². The summed E-state index contributed by atoms with van der Waals surface area (Å²) in [5.41, 5.74) is 2.77. The molecule has 2 aromatic heterocycles. The number of anilines is 2. The molecule has 0 radical (unpaired) electrons. The van der Waals surface area contributed by atoms with Crippen molar-refractivity contribution in [2.45, 2.75) is 13.0 Å². The maximum atomic E-state index is 13.9. The molecule has 2 aromatic carbocycles. The van der Waals surface area contributed by atoms with E-state index in [1.807, 2.05) is 29.6 Å². The van der Waals surface area contributed by atoms with Gasteiger partial charge in [0.2, 0.25) is 5.91 Å². The van der Waals surface area contributed by atoms with Crippen LogP contribution in [-0.4, -0.2) is 34.4 Å². The van der Waals surface area contributed by atoms with E-state index in [-0.39, 0.29) is 18.1 Å². The first-order chi connectivity index (χ1) is 16.5. The molecule has 1 atom stereocenters. The van der Waals surface area contributed by atoms with Gasteiger partial charge in [-0.25, -0.2) is 9.37 Å². The van der Waals surface area contributed by atoms with Crippen molar-refractivity contribution in [3.63, 3.8) is 0 Å². The highest BCUT2D eigenvalue weighted by atomic mass is 32.1. The summed E-state index contributed by atoms with van der Waals surface area (Å²) < 4.78 is 19.7. The number of nitrogens with zero attached hydrogens (tertiary/aromatic N) is 3. The van der Waals surface area contributed by atoms with E-state index in [0.717, 1.165) is 22.0 Å². The van der Waals surface area contributed by atoms with E-state index in [1.54, 1.807) is 31.3 Å². The average Bonchev–Trinajstić information content (AvgIpc) is 3.34. The predicted octanol–water partition coefficient (Wildman–Crippen LogP) is 4.76. The molecule has 2 amide bonds. The van der Waals surface area contributed by atoms with Crippen molar-refractivity contribution in [3.8, 4) is 27.7 Å². The summed E-state index contributed by atoms with van der Waals surface area (Å²) in [6.45, 7) is 1.34. The Bertz CT molecular complexity index is 1380. The highest BCUT2D eigenvalue weighted by Gasteiger charge is 2.33. The summed E-state index contributed by atoms with van der Waals surface area (Å²) in [4.78, 5) is 36.0. The van der Waals surface area contributed by atoms with E-state index >= 15 is 0 Å². The van der Waals surface area contributed by atoms with Gasteiger partial charge in [0, 0.05) is 17.1 Å². The molecular weight excluding hydrogens is 455 g/mol. The summed E-state index contributed by atoms with van der Waals surface area (Å²) >= 11 is 1.46. The summed E-state index contributed by atoms with van der Waals surface area (Å²) in [7, 11) is 0. The third-order valence-electron chi connectivity index (χ3n) is 5.30. The molecule has 3 heterocycles. The van der Waals surface area contributed by atoms with Crippen LogP contribution in [0.3, 0.4) is 0 Å². The molecule has 0 saturated carbocycles. The second-order valence-corrected chi connectivity index (χ2v) is 8.51. The molecule has 1 unspecified atom stereocenters. The third-order valence-corrected chi connectivity index (χ3v) is 6.17. The molecule has 0 saturated heterocycles. The lowest BCUT2D eigenvalue weighted by Gasteiger charge is -2.32. The molecular formula is C25H19FN4O3S. The standard InChI is InChI=1S/C25H19FN4O3S/c1-15-25(32)30(13-23(31)28-18-7-3-2-6-17(18)26)21-12-16(9-10-22(21)33-15)20-14-34-24(29-20)19-8-4-5-11-27-19/h2-12,14-15H,13H2,1H3,(H,28,31). The Kier molecular flexibility index (Phi) is 5.77. The molecule has 0 aliphatic carbocycles. The van der Waals surface area contributed by atoms with E-state index in [1.165, 1.54) is 34.4 Å². The summed E-state index contributed by atoms with van der Waals surface area (Å²) in [6, 6.07) is 16.9. The second kappa shape index (κ2) is 9.03. The smallest absolute Gasteiger partial charge is 0.268 e. The zero-order chi connectivity index (χ0) is 23.7. The topological polar surface area (TPSA) is 84.4 Å². The van der Waals surface area contributed by atoms with Crippen molar-refractivity contribution in [2.24, 2.45) is 0 Å². The molecule has 1 aliphatic heterocycles. The van der Waals surface area contributed by atoms with E-state index in [9.17, 15) is 14.0 Å². The minimum atomic E-state index is -0.755. The van der Waals surface area contributed by atoms with Crippen LogP contribution in [0.25, 0.3) is 22.0 Å². The van der Waals surface area contributed by atoms with Gasteiger partial charge in [0.1, 0.15) is 23.1 Å². The molecule has 0 spiro atoms. The molecule has 34 heavy (non-hydrogen) atoms. The van der Waals surface area contributed by atoms with Crippen LogP contribution in [0.15, 0.2) is 72.2 Å². The number of carbonyl (C=O) groups excluding carboxylic acids is 2. The number of thiazole rings is 1. The van der Waals surface area contributed by atoms with Crippen molar-refractivity contribution < 1.29 is 18.7 Å². The SMILES string of the molecule is CC1Oc2ccc(-c3csc(-c4ccccn4)n3)cc2N(CC(=O)Nc2ccccc2F)C1=O. The van der Waals surface area contributed by atoms with Gasteiger partial charge in [-0.1, -0.05) is 18.2 Å². The van der Waals surface area contributed by atoms with Gasteiger partial charge in [-0.2, -0.15) is 0 Å². The number of benzene rings is 2. The number of pyridine rings is 1. The zero-order valence-electron chi connectivity index (χ0n) is 18.1. The van der Waals surface area contributed by atoms with Crippen molar-refractivity contribution >= 4 is 34.5 Å². The van der Waals surface area contributed by atoms with Gasteiger partial charge in [-0.15, -0.1) is 11.3 Å². The number of para-hydroxylation sites is 1. The van der Waals surface area contributed by atoms with Gasteiger partial charge in [-0.3, -0.25) is 19.5 Å². The number of amides is 2. The van der Waals surface area contributed by atoms with E-state index < -0.39 is 17.8 Å². The van der Waals surface area contributed by atoms with Crippen LogP contribution in [-0.2, 0) is 9.59 Å². The number of halogens is 1. The Morgan fingerprint density at radius 2 is 1.97 bits per heavy atom. The molecule has 170 valence electrons. The lowest BCUT2D eigenvalue weighted by atomic mass is 10.1. The van der Waals surface area contributed by atoms with Gasteiger partial charge in [-0.05, 0) is 49.4 Å². The first-order valence-corrected chi connectivity index (χ1v) is 11.4. The number of aromatic nitrogens is 2. The summed E-state index contributed by atoms with van der Waals surface area (Å²) in [5, 5.41) is 5.21. The van der Waals surface area contributed by atoms with Crippen molar-refractivity contribution in [2.75, 3.05) is 16.8 Å². The minimum absolute atomic E-state index is 0.0553. The maximum Gasteiger partial charge on any atom is 0.268 e. The number of hydrogen-bond donors (Lipinski definition) is 1. The van der Waals surface area contributed by atoms with Crippen molar-refractivity contribution in [1.82, 2.24) is 9.97 Å². The van der Waals surface area contributed by atoms with Crippen LogP contribution in [0.2, 0.25) is 0 Å². The van der Waals surface area contributed by atoms with E-state index in [4.69, 9.17) is 4.74 Å². The lowest BCUT2D eigenvalue weighted by Crippen LogP contribution is -2.47. The van der Waals surface area contributed by atoms with Crippen molar-refractivity contribution in [3.05, 3.63) is 78.1 Å². The Balaban J connectivity index is 1.44. The van der Waals surface area contributed by atoms with Crippen LogP contribution in [0.1, 0.15) is 6.92 Å². The van der Waals surface area contributed by atoms with Crippen LogP contribution in [0.4, 0.5) is 15.8 Å². The third kappa shape index (κ3) is 4.25. The lowest BCUT2D eigenvalue weighted by molar-refractivity contribution is -0.127. The van der Waals surface area contributed by atoms with Gasteiger partial charge in [0.25, 0.3) is 5.91 Å². The molecule has 5 rings (SSSR count). The molecule has 7 nitrogen and oxygen atoms in total. The quantitative estimate of drug-likeness (QED) is 0.451. The summed E-state index contributed by atoms with van der Waals surface area (Å²) in [5.74, 6) is -0.946. The Labute approximate surface area is 198 Å². The fourth-order valence-electron chi connectivity index (χ4n) is 3.64. The van der Waals surface area contributed by atoms with Crippen molar-refractivity contribution in [1.29, 1.82) is 0 Å². The second-order valence-electron chi connectivity index (χ2n) is 7.65. The number of fused-ring (bicyclic) bond motifs is 1. The maximum absolute atomic E-state index is 13.9. The summed E-state index contributed by atoms with van der Waals surface area (Å²) in [6.07, 6.45) is 0.957. The number of carbonyl (C=O) groups is 2.